The standard InChI is InChI=1S/C28H23BrClN3O4/c1-4-13-35-27-20(14-21(30)15-25(27)29)16-31-32-28(34)26-12-11-24(37-26)17-36-23-9-7-22(8-10-23)33-18(2)5-6-19(33)3/h1,5-12,14-16H,13,17H2,2-3H3,(H,32,34)/b31-16+. The number of nitrogens with zero attached hydrogens (tertiary/aromatic N) is 2. The van der Waals surface area contributed by atoms with Gasteiger partial charge in [0, 0.05) is 27.7 Å². The average Bonchev–Trinajstić information content (AvgIpc) is 3.49. The molecule has 0 atom stereocenters. The van der Waals surface area contributed by atoms with Crippen molar-refractivity contribution in [3.8, 4) is 29.5 Å². The number of aryl methyl sites for hydroxylation is 2. The van der Waals surface area contributed by atoms with Gasteiger partial charge >= 0.3 is 5.91 Å². The fourth-order valence-corrected chi connectivity index (χ4v) is 4.61. The quantitative estimate of drug-likeness (QED) is 0.140. The van der Waals surface area contributed by atoms with E-state index in [1.807, 2.05) is 24.3 Å². The molecule has 0 aliphatic heterocycles. The van der Waals surface area contributed by atoms with Crippen LogP contribution in [0.2, 0.25) is 5.02 Å². The first-order chi connectivity index (χ1) is 17.9. The highest BCUT2D eigenvalue weighted by Gasteiger charge is 2.13. The number of benzene rings is 2. The Morgan fingerprint density at radius 1 is 1.14 bits per heavy atom. The van der Waals surface area contributed by atoms with Gasteiger partial charge in [0.1, 0.15) is 30.5 Å². The summed E-state index contributed by atoms with van der Waals surface area (Å²) in [4.78, 5) is 12.5. The molecule has 37 heavy (non-hydrogen) atoms. The molecule has 4 rings (SSSR count). The van der Waals surface area contributed by atoms with Crippen molar-refractivity contribution in [1.82, 2.24) is 9.99 Å². The number of nitrogens with one attached hydrogen (secondary N) is 1. The lowest BCUT2D eigenvalue weighted by Gasteiger charge is -2.10. The van der Waals surface area contributed by atoms with Gasteiger partial charge in [-0.25, -0.2) is 5.43 Å². The molecule has 188 valence electrons. The van der Waals surface area contributed by atoms with Crippen LogP contribution in [0.15, 0.2) is 74.7 Å². The Morgan fingerprint density at radius 2 is 1.86 bits per heavy atom. The summed E-state index contributed by atoms with van der Waals surface area (Å²) < 4.78 is 19.7. The number of furan rings is 1. The number of halogens is 2. The van der Waals surface area contributed by atoms with Crippen molar-refractivity contribution < 1.29 is 18.7 Å². The zero-order chi connectivity index (χ0) is 26.4. The minimum atomic E-state index is -0.517. The van der Waals surface area contributed by atoms with Crippen LogP contribution in [0.25, 0.3) is 5.69 Å². The Labute approximate surface area is 228 Å². The maximum Gasteiger partial charge on any atom is 0.307 e. The number of carbonyl (C=O) groups excluding carboxylic acids is 1. The summed E-state index contributed by atoms with van der Waals surface area (Å²) in [7, 11) is 0. The first kappa shape index (κ1) is 26.1. The minimum absolute atomic E-state index is 0.0707. The van der Waals surface area contributed by atoms with E-state index in [0.29, 0.717) is 32.3 Å². The van der Waals surface area contributed by atoms with Crippen molar-refractivity contribution in [2.45, 2.75) is 20.5 Å². The summed E-state index contributed by atoms with van der Waals surface area (Å²) in [6.45, 7) is 4.37. The van der Waals surface area contributed by atoms with Gasteiger partial charge < -0.3 is 18.5 Å². The molecule has 7 nitrogen and oxygen atoms in total. The monoisotopic (exact) mass is 579 g/mol. The van der Waals surface area contributed by atoms with E-state index in [4.69, 9.17) is 31.9 Å². The second-order valence-electron chi connectivity index (χ2n) is 8.00. The molecule has 2 aromatic carbocycles. The molecular weight excluding hydrogens is 558 g/mol. The predicted octanol–water partition coefficient (Wildman–Crippen LogP) is 6.46. The van der Waals surface area contributed by atoms with Crippen LogP contribution in [0, 0.1) is 26.2 Å². The van der Waals surface area contributed by atoms with Crippen molar-refractivity contribution in [1.29, 1.82) is 0 Å². The van der Waals surface area contributed by atoms with Gasteiger partial charge in [-0.05, 0) is 90.4 Å². The highest BCUT2D eigenvalue weighted by Crippen LogP contribution is 2.32. The molecule has 0 bridgehead atoms. The van der Waals surface area contributed by atoms with Crippen LogP contribution in [0.5, 0.6) is 11.5 Å². The molecule has 9 heteroatoms. The number of ether oxygens (including phenoxy) is 2. The maximum atomic E-state index is 12.5. The summed E-state index contributed by atoms with van der Waals surface area (Å²) in [6.07, 6.45) is 6.68. The molecule has 0 fully saturated rings. The Balaban J connectivity index is 1.34. The SMILES string of the molecule is C#CCOc1c(Br)cc(Cl)cc1/C=N/NC(=O)c1ccc(COc2ccc(-n3c(C)ccc3C)cc2)o1. The van der Waals surface area contributed by atoms with E-state index in [1.54, 1.807) is 24.3 Å². The van der Waals surface area contributed by atoms with Gasteiger partial charge in [0.2, 0.25) is 0 Å². The molecular formula is C28H23BrClN3O4. The van der Waals surface area contributed by atoms with Gasteiger partial charge in [-0.3, -0.25) is 4.79 Å². The molecule has 1 amide bonds. The smallest absolute Gasteiger partial charge is 0.307 e. The molecule has 0 saturated heterocycles. The minimum Gasteiger partial charge on any atom is -0.486 e. The van der Waals surface area contributed by atoms with E-state index in [0.717, 1.165) is 17.1 Å². The number of rotatable bonds is 9. The predicted molar refractivity (Wildman–Crippen MR) is 147 cm³/mol. The summed E-state index contributed by atoms with van der Waals surface area (Å²) in [5.41, 5.74) is 6.35. The van der Waals surface area contributed by atoms with Crippen molar-refractivity contribution in [2.75, 3.05) is 6.61 Å². The average molecular weight is 581 g/mol. The van der Waals surface area contributed by atoms with Crippen molar-refractivity contribution >= 4 is 39.7 Å². The molecule has 0 radical (unpaired) electrons. The Bertz CT molecular complexity index is 1460. The topological polar surface area (TPSA) is 78.0 Å². The van der Waals surface area contributed by atoms with Crippen LogP contribution in [-0.4, -0.2) is 23.3 Å². The van der Waals surface area contributed by atoms with Gasteiger partial charge in [-0.15, -0.1) is 6.42 Å². The third-order valence-corrected chi connectivity index (χ3v) is 6.15. The highest BCUT2D eigenvalue weighted by molar-refractivity contribution is 9.10. The molecule has 2 aromatic heterocycles. The Hall–Kier alpha value is -3.93. The van der Waals surface area contributed by atoms with Crippen LogP contribution < -0.4 is 14.9 Å². The Kier molecular flexibility index (Phi) is 8.39. The lowest BCUT2D eigenvalue weighted by molar-refractivity contribution is 0.0923. The summed E-state index contributed by atoms with van der Waals surface area (Å²) in [5.74, 6) is 3.63. The van der Waals surface area contributed by atoms with E-state index in [1.165, 1.54) is 6.21 Å². The van der Waals surface area contributed by atoms with E-state index in [-0.39, 0.29) is 19.0 Å². The van der Waals surface area contributed by atoms with Gasteiger partial charge in [-0.2, -0.15) is 5.10 Å². The third kappa shape index (κ3) is 6.45. The third-order valence-electron chi connectivity index (χ3n) is 5.34. The number of amides is 1. The van der Waals surface area contributed by atoms with Gasteiger partial charge in [0.25, 0.3) is 0 Å². The fraction of sp³-hybridized carbons (Fsp3) is 0.143. The molecule has 0 unspecified atom stereocenters. The van der Waals surface area contributed by atoms with Crippen LogP contribution in [0.4, 0.5) is 0 Å². The fourth-order valence-electron chi connectivity index (χ4n) is 3.66. The molecule has 4 aromatic rings. The van der Waals surface area contributed by atoms with Crippen molar-refractivity contribution in [3.05, 3.63) is 98.6 Å². The number of terminal acetylenes is 1. The zero-order valence-corrected chi connectivity index (χ0v) is 22.5. The molecule has 0 aliphatic carbocycles. The van der Waals surface area contributed by atoms with E-state index in [2.05, 4.69) is 62.9 Å². The molecule has 0 spiro atoms. The number of hydrazone groups is 1. The van der Waals surface area contributed by atoms with Crippen LogP contribution in [0.1, 0.15) is 33.3 Å². The zero-order valence-electron chi connectivity index (χ0n) is 20.1. The molecule has 1 N–H and O–H groups in total. The number of hydrogen-bond acceptors (Lipinski definition) is 5. The van der Waals surface area contributed by atoms with Gasteiger partial charge in [0.15, 0.2) is 5.76 Å². The number of aromatic nitrogens is 1. The first-order valence-electron chi connectivity index (χ1n) is 11.2. The number of hydrogen-bond donors (Lipinski definition) is 1. The van der Waals surface area contributed by atoms with E-state index in [9.17, 15) is 4.79 Å². The van der Waals surface area contributed by atoms with Crippen LogP contribution in [-0.2, 0) is 6.61 Å². The molecule has 0 aliphatic rings. The molecule has 2 heterocycles. The van der Waals surface area contributed by atoms with Crippen molar-refractivity contribution in [3.63, 3.8) is 0 Å². The lowest BCUT2D eigenvalue weighted by atomic mass is 10.2. The largest absolute Gasteiger partial charge is 0.486 e. The van der Waals surface area contributed by atoms with Crippen LogP contribution in [0.3, 0.4) is 0 Å². The highest BCUT2D eigenvalue weighted by atomic mass is 79.9. The summed E-state index contributed by atoms with van der Waals surface area (Å²) in [5, 5.41) is 4.45. The summed E-state index contributed by atoms with van der Waals surface area (Å²) in [6, 6.07) is 18.5. The number of carbonyl (C=O) groups is 1. The molecule has 0 saturated carbocycles. The summed E-state index contributed by atoms with van der Waals surface area (Å²) >= 11 is 9.49. The van der Waals surface area contributed by atoms with Crippen molar-refractivity contribution in [2.24, 2.45) is 5.10 Å². The second-order valence-corrected chi connectivity index (χ2v) is 9.29. The lowest BCUT2D eigenvalue weighted by Crippen LogP contribution is -2.17. The van der Waals surface area contributed by atoms with Gasteiger partial charge in [0.05, 0.1) is 10.7 Å². The van der Waals surface area contributed by atoms with Gasteiger partial charge in [-0.1, -0.05) is 17.5 Å². The van der Waals surface area contributed by atoms with E-state index < -0.39 is 5.91 Å². The maximum absolute atomic E-state index is 12.5. The normalized spacial score (nSPS) is 10.9. The van der Waals surface area contributed by atoms with E-state index >= 15 is 0 Å². The Morgan fingerprint density at radius 3 is 2.57 bits per heavy atom. The first-order valence-corrected chi connectivity index (χ1v) is 12.4. The second kappa shape index (κ2) is 11.9. The van der Waals surface area contributed by atoms with Crippen LogP contribution >= 0.6 is 27.5 Å².